The number of pyridine rings is 1. The summed E-state index contributed by atoms with van der Waals surface area (Å²) in [7, 11) is 0. The van der Waals surface area contributed by atoms with Crippen molar-refractivity contribution >= 4 is 91.8 Å². The van der Waals surface area contributed by atoms with E-state index in [1.54, 1.807) is 0 Å². The molecular formula is C31H16N2OS. The molecule has 0 aliphatic carbocycles. The zero-order chi connectivity index (χ0) is 22.7. The number of imidazole rings is 1. The van der Waals surface area contributed by atoms with Crippen molar-refractivity contribution in [1.82, 2.24) is 9.38 Å². The predicted molar refractivity (Wildman–Crippen MR) is 148 cm³/mol. The maximum absolute atomic E-state index is 6.31. The average Bonchev–Trinajstić information content (AvgIpc) is 3.59. The Labute approximate surface area is 202 Å². The molecule has 162 valence electrons. The van der Waals surface area contributed by atoms with Gasteiger partial charge in [0.1, 0.15) is 16.8 Å². The van der Waals surface area contributed by atoms with Gasteiger partial charge in [-0.05, 0) is 47.9 Å². The van der Waals surface area contributed by atoms with Gasteiger partial charge in [-0.25, -0.2) is 4.98 Å². The van der Waals surface area contributed by atoms with E-state index in [4.69, 9.17) is 9.40 Å². The molecule has 0 radical (unpaired) electrons. The van der Waals surface area contributed by atoms with Crippen molar-refractivity contribution in [3.05, 3.63) is 97.1 Å². The quantitative estimate of drug-likeness (QED) is 0.210. The Morgan fingerprint density at radius 2 is 1.37 bits per heavy atom. The first kappa shape index (κ1) is 18.0. The lowest BCUT2D eigenvalue weighted by atomic mass is 9.98. The van der Waals surface area contributed by atoms with Crippen molar-refractivity contribution in [1.29, 1.82) is 0 Å². The fourth-order valence-corrected chi connectivity index (χ4v) is 7.07. The number of hydrogen-bond acceptors (Lipinski definition) is 3. The highest BCUT2D eigenvalue weighted by Crippen LogP contribution is 2.45. The molecule has 0 aliphatic heterocycles. The number of fused-ring (bicyclic) bond motifs is 16. The Morgan fingerprint density at radius 3 is 2.34 bits per heavy atom. The minimum absolute atomic E-state index is 0.916. The van der Waals surface area contributed by atoms with E-state index in [-0.39, 0.29) is 0 Å². The lowest BCUT2D eigenvalue weighted by Crippen LogP contribution is -1.92. The van der Waals surface area contributed by atoms with Crippen molar-refractivity contribution in [3.63, 3.8) is 0 Å². The van der Waals surface area contributed by atoms with E-state index in [9.17, 15) is 0 Å². The number of furan rings is 1. The second-order valence-electron chi connectivity index (χ2n) is 9.15. The highest BCUT2D eigenvalue weighted by atomic mass is 32.1. The molecule has 9 aromatic rings. The molecule has 4 heteroatoms. The van der Waals surface area contributed by atoms with Crippen molar-refractivity contribution in [2.45, 2.75) is 0 Å². The largest absolute Gasteiger partial charge is 0.456 e. The van der Waals surface area contributed by atoms with E-state index in [0.29, 0.717) is 0 Å². The third-order valence-electron chi connectivity index (χ3n) is 7.36. The molecule has 4 heterocycles. The molecule has 0 fully saturated rings. The first-order valence-corrected chi connectivity index (χ1v) is 12.6. The Balaban J connectivity index is 1.71. The molecule has 5 aromatic carbocycles. The van der Waals surface area contributed by atoms with E-state index in [1.165, 1.54) is 41.7 Å². The number of thiophene rings is 1. The van der Waals surface area contributed by atoms with Crippen LogP contribution in [0, 0.1) is 0 Å². The van der Waals surface area contributed by atoms with Gasteiger partial charge >= 0.3 is 0 Å². The maximum Gasteiger partial charge on any atom is 0.147 e. The van der Waals surface area contributed by atoms with Crippen molar-refractivity contribution in [2.24, 2.45) is 0 Å². The van der Waals surface area contributed by atoms with Crippen LogP contribution >= 0.6 is 11.3 Å². The zero-order valence-corrected chi connectivity index (χ0v) is 19.3. The molecule has 0 atom stereocenters. The molecule has 0 amide bonds. The van der Waals surface area contributed by atoms with Gasteiger partial charge in [-0.1, -0.05) is 54.6 Å². The summed E-state index contributed by atoms with van der Waals surface area (Å²) in [4.78, 5) is 5.20. The molecule has 0 unspecified atom stereocenters. The van der Waals surface area contributed by atoms with E-state index < -0.39 is 0 Å². The number of para-hydroxylation sites is 3. The smallest absolute Gasteiger partial charge is 0.147 e. The molecule has 0 saturated carbocycles. The summed E-state index contributed by atoms with van der Waals surface area (Å²) in [5, 5.41) is 8.54. The second-order valence-corrected chi connectivity index (χ2v) is 10.2. The van der Waals surface area contributed by atoms with Crippen LogP contribution in [0.5, 0.6) is 0 Å². The third-order valence-corrected chi connectivity index (χ3v) is 8.50. The Kier molecular flexibility index (Phi) is 3.17. The van der Waals surface area contributed by atoms with Gasteiger partial charge in [0.05, 0.1) is 16.6 Å². The van der Waals surface area contributed by atoms with Gasteiger partial charge < -0.3 is 4.42 Å². The van der Waals surface area contributed by atoms with Gasteiger partial charge in [-0.15, -0.1) is 11.3 Å². The lowest BCUT2D eigenvalue weighted by Gasteiger charge is -2.11. The predicted octanol–water partition coefficient (Wildman–Crippen LogP) is 9.06. The summed E-state index contributed by atoms with van der Waals surface area (Å²) in [5.74, 6) is 0. The number of benzene rings is 5. The van der Waals surface area contributed by atoms with Crippen LogP contribution < -0.4 is 0 Å². The highest BCUT2D eigenvalue weighted by Gasteiger charge is 2.21. The Morgan fingerprint density at radius 1 is 0.543 bits per heavy atom. The molecule has 0 saturated heterocycles. The normalized spacial score (nSPS) is 12.6. The van der Waals surface area contributed by atoms with Crippen LogP contribution in [0.25, 0.3) is 80.5 Å². The molecule has 0 spiro atoms. The molecule has 0 aliphatic rings. The fourth-order valence-electron chi connectivity index (χ4n) is 5.96. The summed E-state index contributed by atoms with van der Waals surface area (Å²) in [5.41, 5.74) is 6.13. The summed E-state index contributed by atoms with van der Waals surface area (Å²) in [6.45, 7) is 0. The third kappa shape index (κ3) is 2.14. The van der Waals surface area contributed by atoms with Crippen LogP contribution in [0.1, 0.15) is 0 Å². The molecule has 35 heavy (non-hydrogen) atoms. The number of rotatable bonds is 0. The van der Waals surface area contributed by atoms with Crippen LogP contribution in [0.15, 0.2) is 101 Å². The molecule has 4 aromatic heterocycles. The van der Waals surface area contributed by atoms with Crippen LogP contribution in [0.3, 0.4) is 0 Å². The maximum atomic E-state index is 6.31. The van der Waals surface area contributed by atoms with E-state index in [1.807, 2.05) is 17.4 Å². The van der Waals surface area contributed by atoms with Crippen LogP contribution in [-0.2, 0) is 0 Å². The van der Waals surface area contributed by atoms with Crippen LogP contribution in [0.2, 0.25) is 0 Å². The van der Waals surface area contributed by atoms with Gasteiger partial charge in [-0.2, -0.15) is 0 Å². The van der Waals surface area contributed by atoms with Gasteiger partial charge in [-0.3, -0.25) is 4.40 Å². The van der Waals surface area contributed by atoms with Gasteiger partial charge in [0, 0.05) is 41.7 Å². The highest BCUT2D eigenvalue weighted by molar-refractivity contribution is 7.26. The number of nitrogens with zero attached hydrogens (tertiary/aromatic N) is 2. The summed E-state index contributed by atoms with van der Waals surface area (Å²) >= 11 is 1.85. The van der Waals surface area contributed by atoms with E-state index in [0.717, 1.165) is 38.7 Å². The molecular weight excluding hydrogens is 448 g/mol. The molecule has 0 bridgehead atoms. The number of hydrogen-bond donors (Lipinski definition) is 0. The van der Waals surface area contributed by atoms with Gasteiger partial charge in [0.15, 0.2) is 0 Å². The lowest BCUT2D eigenvalue weighted by molar-refractivity contribution is 0.669. The Bertz CT molecular complexity index is 2330. The summed E-state index contributed by atoms with van der Waals surface area (Å²) in [6.07, 6.45) is 0. The SMILES string of the molecule is c1ccc2c(c1)nc1c3c(ccc4sc5ccccc5c43)c3c4c(ccc3n21)oc1ccccc14. The van der Waals surface area contributed by atoms with Crippen molar-refractivity contribution < 1.29 is 4.42 Å². The minimum Gasteiger partial charge on any atom is -0.456 e. The van der Waals surface area contributed by atoms with Crippen LogP contribution in [-0.4, -0.2) is 9.38 Å². The molecule has 3 nitrogen and oxygen atoms in total. The summed E-state index contributed by atoms with van der Waals surface area (Å²) < 4.78 is 11.2. The van der Waals surface area contributed by atoms with E-state index >= 15 is 0 Å². The first-order valence-electron chi connectivity index (χ1n) is 11.7. The molecule has 9 rings (SSSR count). The van der Waals surface area contributed by atoms with Crippen LogP contribution in [0.4, 0.5) is 0 Å². The van der Waals surface area contributed by atoms with Crippen molar-refractivity contribution in [3.8, 4) is 0 Å². The second kappa shape index (κ2) is 6.17. The van der Waals surface area contributed by atoms with Crippen molar-refractivity contribution in [2.75, 3.05) is 0 Å². The monoisotopic (exact) mass is 464 g/mol. The summed E-state index contributed by atoms with van der Waals surface area (Å²) in [6, 6.07) is 34.4. The van der Waals surface area contributed by atoms with E-state index in [2.05, 4.69) is 95.4 Å². The fraction of sp³-hybridized carbons (Fsp3) is 0. The van der Waals surface area contributed by atoms with Gasteiger partial charge in [0.2, 0.25) is 0 Å². The molecule has 0 N–H and O–H groups in total. The topological polar surface area (TPSA) is 30.4 Å². The zero-order valence-electron chi connectivity index (χ0n) is 18.4. The number of aromatic nitrogens is 2. The van der Waals surface area contributed by atoms with Gasteiger partial charge in [0.25, 0.3) is 0 Å². The Hall–Kier alpha value is -4.41. The average molecular weight is 465 g/mol. The first-order chi connectivity index (χ1) is 17.4. The standard InChI is InChI=1S/C31H16N2OS/c1-5-11-23-17(7-1)28-24(34-23)15-14-22-27(28)19-13-16-26-29(18-8-2-6-12-25(18)35-26)30(19)31-32-20-9-3-4-10-21(20)33(22)31/h1-16H. The minimum atomic E-state index is 0.916.